The van der Waals surface area contributed by atoms with Crippen LogP contribution in [-0.2, 0) is 4.74 Å². The Labute approximate surface area is 122 Å². The Balaban J connectivity index is 2.36. The summed E-state index contributed by atoms with van der Waals surface area (Å²) in [4.78, 5) is 0. The molecular formula is C17H28N2O. The van der Waals surface area contributed by atoms with E-state index in [9.17, 15) is 0 Å². The average Bonchev–Trinajstić information content (AvgIpc) is 2.39. The molecule has 0 bridgehead atoms. The van der Waals surface area contributed by atoms with Gasteiger partial charge in [-0.05, 0) is 39.2 Å². The van der Waals surface area contributed by atoms with E-state index in [-0.39, 0.29) is 11.6 Å². The topological polar surface area (TPSA) is 47.3 Å². The molecule has 3 nitrogen and oxygen atoms in total. The van der Waals surface area contributed by atoms with Crippen LogP contribution < -0.4 is 11.3 Å². The number of ether oxygens (including phenoxy) is 1. The molecule has 0 saturated heterocycles. The van der Waals surface area contributed by atoms with E-state index in [1.165, 1.54) is 36.0 Å². The number of benzene rings is 1. The van der Waals surface area contributed by atoms with Crippen molar-refractivity contribution in [3.05, 3.63) is 34.9 Å². The highest BCUT2D eigenvalue weighted by atomic mass is 16.5. The van der Waals surface area contributed by atoms with E-state index in [4.69, 9.17) is 10.6 Å². The predicted molar refractivity (Wildman–Crippen MR) is 83.4 cm³/mol. The van der Waals surface area contributed by atoms with Crippen molar-refractivity contribution >= 4 is 0 Å². The summed E-state index contributed by atoms with van der Waals surface area (Å²) in [5, 5.41) is 0. The van der Waals surface area contributed by atoms with E-state index in [2.05, 4.69) is 44.4 Å². The number of nitrogens with two attached hydrogens (primary N) is 1. The van der Waals surface area contributed by atoms with Gasteiger partial charge in [0.1, 0.15) is 0 Å². The minimum atomic E-state index is -0.151. The zero-order valence-corrected chi connectivity index (χ0v) is 13.0. The molecule has 1 aromatic rings. The number of rotatable bonds is 5. The van der Waals surface area contributed by atoms with Crippen molar-refractivity contribution in [2.75, 3.05) is 6.61 Å². The number of aryl methyl sites for hydroxylation is 2. The fraction of sp³-hybridized carbons (Fsp3) is 0.647. The normalized spacial score (nSPS) is 19.8. The molecule has 0 amide bonds. The van der Waals surface area contributed by atoms with Gasteiger partial charge in [0, 0.05) is 6.61 Å². The molecule has 1 aliphatic carbocycles. The molecule has 0 aromatic heterocycles. The molecule has 1 unspecified atom stereocenters. The highest BCUT2D eigenvalue weighted by Crippen LogP contribution is 2.41. The first-order valence-corrected chi connectivity index (χ1v) is 7.79. The maximum absolute atomic E-state index is 6.22. The van der Waals surface area contributed by atoms with Crippen molar-refractivity contribution in [1.82, 2.24) is 5.43 Å². The summed E-state index contributed by atoms with van der Waals surface area (Å²) in [5.41, 5.74) is 6.70. The van der Waals surface area contributed by atoms with Gasteiger partial charge in [0.05, 0.1) is 11.6 Å². The van der Waals surface area contributed by atoms with Gasteiger partial charge in [-0.15, -0.1) is 0 Å². The fourth-order valence-corrected chi connectivity index (χ4v) is 3.68. The molecule has 3 N–H and O–H groups in total. The van der Waals surface area contributed by atoms with Crippen LogP contribution >= 0.6 is 0 Å². The van der Waals surface area contributed by atoms with Crippen LogP contribution in [0.2, 0.25) is 0 Å². The molecule has 0 spiro atoms. The summed E-state index contributed by atoms with van der Waals surface area (Å²) in [6, 6.07) is 6.73. The highest BCUT2D eigenvalue weighted by molar-refractivity contribution is 5.32. The van der Waals surface area contributed by atoms with Crippen LogP contribution in [0.25, 0.3) is 0 Å². The van der Waals surface area contributed by atoms with Crippen molar-refractivity contribution in [1.29, 1.82) is 0 Å². The van der Waals surface area contributed by atoms with Crippen LogP contribution in [0.4, 0.5) is 0 Å². The average molecular weight is 276 g/mol. The van der Waals surface area contributed by atoms with Crippen LogP contribution in [0.3, 0.4) is 0 Å². The molecule has 2 rings (SSSR count). The first kappa shape index (κ1) is 15.5. The lowest BCUT2D eigenvalue weighted by Crippen LogP contribution is -2.49. The molecule has 1 aliphatic rings. The van der Waals surface area contributed by atoms with Crippen LogP contribution in [0.1, 0.15) is 61.8 Å². The molecule has 0 radical (unpaired) electrons. The van der Waals surface area contributed by atoms with E-state index in [1.54, 1.807) is 0 Å². The van der Waals surface area contributed by atoms with Gasteiger partial charge in [-0.3, -0.25) is 11.3 Å². The first-order valence-electron chi connectivity index (χ1n) is 7.79. The molecule has 1 aromatic carbocycles. The monoisotopic (exact) mass is 276 g/mol. The number of hydrogen-bond donors (Lipinski definition) is 2. The lowest BCUT2D eigenvalue weighted by atomic mass is 9.76. The van der Waals surface area contributed by atoms with E-state index >= 15 is 0 Å². The van der Waals surface area contributed by atoms with Crippen molar-refractivity contribution in [3.8, 4) is 0 Å². The van der Waals surface area contributed by atoms with E-state index in [1.807, 2.05) is 0 Å². The van der Waals surface area contributed by atoms with Gasteiger partial charge in [0.2, 0.25) is 0 Å². The quantitative estimate of drug-likeness (QED) is 0.638. The van der Waals surface area contributed by atoms with E-state index in [0.717, 1.165) is 19.4 Å². The lowest BCUT2D eigenvalue weighted by molar-refractivity contribution is -0.0913. The molecule has 3 heteroatoms. The molecule has 1 atom stereocenters. The second-order valence-electron chi connectivity index (χ2n) is 6.08. The van der Waals surface area contributed by atoms with Crippen LogP contribution in [0.15, 0.2) is 18.2 Å². The third-order valence-corrected chi connectivity index (χ3v) is 4.40. The summed E-state index contributed by atoms with van der Waals surface area (Å²) in [6.45, 7) is 7.09. The second-order valence-corrected chi connectivity index (χ2v) is 6.08. The van der Waals surface area contributed by atoms with Gasteiger partial charge in [-0.2, -0.15) is 0 Å². The molecule has 1 fully saturated rings. The largest absolute Gasteiger partial charge is 0.373 e. The Morgan fingerprint density at radius 3 is 2.25 bits per heavy atom. The number of nitrogens with one attached hydrogen (secondary N) is 1. The minimum Gasteiger partial charge on any atom is -0.373 e. The van der Waals surface area contributed by atoms with Gasteiger partial charge in [0.25, 0.3) is 0 Å². The highest BCUT2D eigenvalue weighted by Gasteiger charge is 2.41. The van der Waals surface area contributed by atoms with Gasteiger partial charge < -0.3 is 4.74 Å². The predicted octanol–water partition coefficient (Wildman–Crippen LogP) is 3.55. The molecule has 20 heavy (non-hydrogen) atoms. The van der Waals surface area contributed by atoms with Crippen LogP contribution in [-0.4, -0.2) is 12.2 Å². The van der Waals surface area contributed by atoms with E-state index in [0.29, 0.717) is 0 Å². The van der Waals surface area contributed by atoms with Gasteiger partial charge in [0.15, 0.2) is 0 Å². The zero-order chi connectivity index (χ0) is 14.6. The van der Waals surface area contributed by atoms with Gasteiger partial charge >= 0.3 is 0 Å². The van der Waals surface area contributed by atoms with Gasteiger partial charge in [-0.25, -0.2) is 0 Å². The summed E-state index contributed by atoms with van der Waals surface area (Å²) in [5.74, 6) is 5.92. The molecule has 112 valence electrons. The van der Waals surface area contributed by atoms with Crippen LogP contribution in [0, 0.1) is 13.8 Å². The second kappa shape index (κ2) is 6.70. The maximum atomic E-state index is 6.22. The summed E-state index contributed by atoms with van der Waals surface area (Å²) < 4.78 is 6.22. The SMILES string of the molecule is CCOC1(C(NN)c2cc(C)cc(C)c2)CCCCC1. The summed E-state index contributed by atoms with van der Waals surface area (Å²) in [6.07, 6.45) is 5.93. The molecule has 0 aliphatic heterocycles. The Morgan fingerprint density at radius 1 is 1.15 bits per heavy atom. The Hall–Kier alpha value is -0.900. The van der Waals surface area contributed by atoms with Gasteiger partial charge in [-0.1, -0.05) is 48.6 Å². The third-order valence-electron chi connectivity index (χ3n) is 4.40. The summed E-state index contributed by atoms with van der Waals surface area (Å²) >= 11 is 0. The Kier molecular flexibility index (Phi) is 5.19. The standard InChI is InChI=1S/C17H28N2O/c1-4-20-17(8-6-5-7-9-17)16(19-18)15-11-13(2)10-14(3)12-15/h10-12,16,19H,4-9,18H2,1-3H3. The molecule has 0 heterocycles. The Morgan fingerprint density at radius 2 is 1.75 bits per heavy atom. The third kappa shape index (κ3) is 3.22. The summed E-state index contributed by atoms with van der Waals surface area (Å²) in [7, 11) is 0. The number of hydrogen-bond acceptors (Lipinski definition) is 3. The fourth-order valence-electron chi connectivity index (χ4n) is 3.68. The van der Waals surface area contributed by atoms with Crippen LogP contribution in [0.5, 0.6) is 0 Å². The molecule has 1 saturated carbocycles. The number of hydrazine groups is 1. The zero-order valence-electron chi connectivity index (χ0n) is 13.0. The van der Waals surface area contributed by atoms with Crippen molar-refractivity contribution in [3.63, 3.8) is 0 Å². The molecular weight excluding hydrogens is 248 g/mol. The minimum absolute atomic E-state index is 0.0707. The van der Waals surface area contributed by atoms with Crippen molar-refractivity contribution in [2.24, 2.45) is 5.84 Å². The smallest absolute Gasteiger partial charge is 0.0889 e. The van der Waals surface area contributed by atoms with E-state index < -0.39 is 0 Å². The van der Waals surface area contributed by atoms with Crippen molar-refractivity contribution in [2.45, 2.75) is 64.5 Å². The first-order chi connectivity index (χ1) is 9.61. The maximum Gasteiger partial charge on any atom is 0.0889 e. The van der Waals surface area contributed by atoms with Crippen molar-refractivity contribution < 1.29 is 4.74 Å². The lowest BCUT2D eigenvalue weighted by Gasteiger charge is -2.43. The Bertz CT molecular complexity index is 413.